The molecule has 0 aromatic rings. The minimum Gasteiger partial charge on any atom is -0.393 e. The summed E-state index contributed by atoms with van der Waals surface area (Å²) in [5.74, 6) is 0.0237. The second-order valence-electron chi connectivity index (χ2n) is 5.40. The number of rotatable bonds is 4. The van der Waals surface area contributed by atoms with Gasteiger partial charge in [0.1, 0.15) is 0 Å². The van der Waals surface area contributed by atoms with E-state index in [0.717, 1.165) is 0 Å². The van der Waals surface area contributed by atoms with Gasteiger partial charge in [-0.3, -0.25) is 4.79 Å². The van der Waals surface area contributed by atoms with Gasteiger partial charge in [-0.15, -0.1) is 0 Å². The molecule has 0 aromatic carbocycles. The molecule has 0 radical (unpaired) electrons. The number of piperidine rings is 1. The highest BCUT2D eigenvalue weighted by Crippen LogP contribution is 2.23. The fourth-order valence-corrected chi connectivity index (χ4v) is 3.74. The van der Waals surface area contributed by atoms with Crippen LogP contribution in [0.5, 0.6) is 0 Å². The van der Waals surface area contributed by atoms with E-state index in [1.165, 1.54) is 4.31 Å². The Kier molecular flexibility index (Phi) is 4.47. The Labute approximate surface area is 114 Å². The third-order valence-corrected chi connectivity index (χ3v) is 5.92. The molecule has 19 heavy (non-hydrogen) atoms. The van der Waals surface area contributed by atoms with E-state index >= 15 is 0 Å². The summed E-state index contributed by atoms with van der Waals surface area (Å²) in [6.45, 7) is 2.50. The van der Waals surface area contributed by atoms with Crippen molar-refractivity contribution in [1.29, 1.82) is 0 Å². The van der Waals surface area contributed by atoms with Gasteiger partial charge in [-0.2, -0.15) is 0 Å². The first kappa shape index (κ1) is 14.7. The Morgan fingerprint density at radius 1 is 1.32 bits per heavy atom. The number of amides is 1. The Hall–Kier alpha value is -0.660. The molecule has 0 atom stereocenters. The Balaban J connectivity index is 1.78. The summed E-state index contributed by atoms with van der Waals surface area (Å²) >= 11 is 0. The molecule has 1 heterocycles. The lowest BCUT2D eigenvalue weighted by atomic mass is 9.88. The van der Waals surface area contributed by atoms with Gasteiger partial charge in [-0.05, 0) is 32.6 Å². The molecule has 2 aliphatic rings. The summed E-state index contributed by atoms with van der Waals surface area (Å²) in [4.78, 5) is 12.0. The molecule has 1 saturated carbocycles. The molecule has 6 nitrogen and oxygen atoms in total. The zero-order chi connectivity index (χ0) is 14.0. The summed E-state index contributed by atoms with van der Waals surface area (Å²) in [6.07, 6.45) is 2.16. The molecule has 0 aromatic heterocycles. The molecule has 1 aliphatic heterocycles. The predicted molar refractivity (Wildman–Crippen MR) is 70.9 cm³/mol. The van der Waals surface area contributed by atoms with Crippen molar-refractivity contribution < 1.29 is 18.3 Å². The van der Waals surface area contributed by atoms with Crippen molar-refractivity contribution in [2.24, 2.45) is 5.92 Å². The molecule has 0 bridgehead atoms. The number of hydrogen-bond acceptors (Lipinski definition) is 4. The normalized spacial score (nSPS) is 29.8. The number of aliphatic hydroxyl groups is 1. The van der Waals surface area contributed by atoms with Gasteiger partial charge in [0.25, 0.3) is 0 Å². The van der Waals surface area contributed by atoms with Crippen molar-refractivity contribution in [3.63, 3.8) is 0 Å². The molecule has 2 N–H and O–H groups in total. The topological polar surface area (TPSA) is 86.7 Å². The van der Waals surface area contributed by atoms with Crippen LogP contribution in [0.25, 0.3) is 0 Å². The van der Waals surface area contributed by atoms with E-state index in [4.69, 9.17) is 5.11 Å². The third-order valence-electron chi connectivity index (χ3n) is 4.04. The van der Waals surface area contributed by atoms with Crippen LogP contribution in [-0.2, 0) is 14.8 Å². The van der Waals surface area contributed by atoms with Gasteiger partial charge in [-0.25, -0.2) is 12.7 Å². The molecular weight excluding hydrogens is 268 g/mol. The molecule has 0 unspecified atom stereocenters. The van der Waals surface area contributed by atoms with Crippen LogP contribution in [0.3, 0.4) is 0 Å². The molecule has 1 aliphatic carbocycles. The van der Waals surface area contributed by atoms with E-state index in [1.807, 2.05) is 0 Å². The molecule has 110 valence electrons. The monoisotopic (exact) mass is 290 g/mol. The first-order valence-electron chi connectivity index (χ1n) is 6.88. The summed E-state index contributed by atoms with van der Waals surface area (Å²) in [5, 5.41) is 12.1. The maximum atomic E-state index is 12.0. The van der Waals surface area contributed by atoms with E-state index in [9.17, 15) is 13.2 Å². The Morgan fingerprint density at radius 3 is 2.37 bits per heavy atom. The zero-order valence-corrected chi connectivity index (χ0v) is 12.0. The molecule has 7 heteroatoms. The summed E-state index contributed by atoms with van der Waals surface area (Å²) in [7, 11) is -3.13. The SMILES string of the molecule is CCS(=O)(=O)N1CCC(C(=O)NC2CC(O)C2)CC1. The number of nitrogens with one attached hydrogen (secondary N) is 1. The first-order chi connectivity index (χ1) is 8.92. The zero-order valence-electron chi connectivity index (χ0n) is 11.2. The van der Waals surface area contributed by atoms with E-state index in [-0.39, 0.29) is 29.7 Å². The maximum Gasteiger partial charge on any atom is 0.223 e. The van der Waals surface area contributed by atoms with Crippen molar-refractivity contribution in [2.45, 2.75) is 44.8 Å². The second kappa shape index (κ2) is 5.76. The average molecular weight is 290 g/mol. The Morgan fingerprint density at radius 2 is 1.89 bits per heavy atom. The van der Waals surface area contributed by atoms with Crippen molar-refractivity contribution in [3.05, 3.63) is 0 Å². The molecular formula is C12H22N2O4S. The van der Waals surface area contributed by atoms with Crippen LogP contribution in [0.4, 0.5) is 0 Å². The summed E-state index contributed by atoms with van der Waals surface area (Å²) in [5.41, 5.74) is 0. The highest BCUT2D eigenvalue weighted by molar-refractivity contribution is 7.89. The van der Waals surface area contributed by atoms with Crippen LogP contribution in [0.2, 0.25) is 0 Å². The second-order valence-corrected chi connectivity index (χ2v) is 7.66. The number of nitrogens with zero attached hydrogens (tertiary/aromatic N) is 1. The van der Waals surface area contributed by atoms with E-state index in [1.54, 1.807) is 6.92 Å². The molecule has 2 rings (SSSR count). The van der Waals surface area contributed by atoms with Gasteiger partial charge in [0.05, 0.1) is 11.9 Å². The quantitative estimate of drug-likeness (QED) is 0.743. The first-order valence-corrected chi connectivity index (χ1v) is 8.49. The predicted octanol–water partition coefficient (Wildman–Crippen LogP) is -0.312. The minimum atomic E-state index is -3.13. The highest BCUT2D eigenvalue weighted by atomic mass is 32.2. The number of hydrogen-bond donors (Lipinski definition) is 2. The van der Waals surface area contributed by atoms with Crippen LogP contribution >= 0.6 is 0 Å². The van der Waals surface area contributed by atoms with Crippen LogP contribution in [0, 0.1) is 5.92 Å². The lowest BCUT2D eigenvalue weighted by Crippen LogP contribution is -2.50. The van der Waals surface area contributed by atoms with Crippen LogP contribution in [0.1, 0.15) is 32.6 Å². The number of aliphatic hydroxyl groups excluding tert-OH is 1. The smallest absolute Gasteiger partial charge is 0.223 e. The van der Waals surface area contributed by atoms with Crippen LogP contribution in [0.15, 0.2) is 0 Å². The standard InChI is InChI=1S/C12H22N2O4S/c1-2-19(17,18)14-5-3-9(4-6-14)12(16)13-10-7-11(15)8-10/h9-11,15H,2-8H2,1H3,(H,13,16). The van der Waals surface area contributed by atoms with Gasteiger partial charge >= 0.3 is 0 Å². The van der Waals surface area contributed by atoms with Crippen LogP contribution < -0.4 is 5.32 Å². The lowest BCUT2D eigenvalue weighted by molar-refractivity contribution is -0.128. The fraction of sp³-hybridized carbons (Fsp3) is 0.917. The van der Waals surface area contributed by atoms with E-state index in [0.29, 0.717) is 38.8 Å². The number of carbonyl (C=O) groups is 1. The molecule has 0 spiro atoms. The van der Waals surface area contributed by atoms with Gasteiger partial charge in [-0.1, -0.05) is 0 Å². The molecule has 1 amide bonds. The lowest BCUT2D eigenvalue weighted by Gasteiger charge is -2.35. The van der Waals surface area contributed by atoms with E-state index < -0.39 is 10.0 Å². The van der Waals surface area contributed by atoms with Crippen molar-refractivity contribution >= 4 is 15.9 Å². The van der Waals surface area contributed by atoms with Gasteiger partial charge in [0.2, 0.25) is 15.9 Å². The van der Waals surface area contributed by atoms with Crippen molar-refractivity contribution in [3.8, 4) is 0 Å². The average Bonchev–Trinajstić information content (AvgIpc) is 2.37. The number of sulfonamides is 1. The van der Waals surface area contributed by atoms with Gasteiger partial charge in [0, 0.05) is 25.0 Å². The third kappa shape index (κ3) is 3.46. The van der Waals surface area contributed by atoms with Crippen molar-refractivity contribution in [2.75, 3.05) is 18.8 Å². The van der Waals surface area contributed by atoms with Gasteiger partial charge in [0.15, 0.2) is 0 Å². The maximum absolute atomic E-state index is 12.0. The van der Waals surface area contributed by atoms with Crippen LogP contribution in [-0.4, -0.2) is 54.7 Å². The highest BCUT2D eigenvalue weighted by Gasteiger charge is 2.33. The van der Waals surface area contributed by atoms with Gasteiger partial charge < -0.3 is 10.4 Å². The largest absolute Gasteiger partial charge is 0.393 e. The summed E-state index contributed by atoms with van der Waals surface area (Å²) in [6, 6.07) is 0.0971. The molecule has 1 saturated heterocycles. The van der Waals surface area contributed by atoms with E-state index in [2.05, 4.69) is 5.32 Å². The Bertz CT molecular complexity index is 423. The fourth-order valence-electron chi connectivity index (χ4n) is 2.60. The molecule has 2 fully saturated rings. The summed E-state index contributed by atoms with van der Waals surface area (Å²) < 4.78 is 24.9. The van der Waals surface area contributed by atoms with Crippen molar-refractivity contribution in [1.82, 2.24) is 9.62 Å². The minimum absolute atomic E-state index is 0.00504. The number of carbonyl (C=O) groups excluding carboxylic acids is 1.